The van der Waals surface area contributed by atoms with E-state index in [1.807, 2.05) is 41.5 Å². The number of alkyl carbamates (subject to hydrolysis) is 1. The Morgan fingerprint density at radius 2 is 1.66 bits per heavy atom. The maximum atomic E-state index is 12.2. The maximum Gasteiger partial charge on any atom is 0.408 e. The van der Waals surface area contributed by atoms with Crippen LogP contribution in [0.1, 0.15) is 54.4 Å². The monoisotopic (exact) mass is 436 g/mol. The minimum atomic E-state index is -3.01. The van der Waals surface area contributed by atoms with Gasteiger partial charge in [0.1, 0.15) is 15.4 Å². The van der Waals surface area contributed by atoms with E-state index in [0.717, 1.165) is 0 Å². The second kappa shape index (κ2) is 12.9. The minimum Gasteiger partial charge on any atom is -0.444 e. The second-order valence-corrected chi connectivity index (χ2v) is 10.2. The van der Waals surface area contributed by atoms with E-state index in [1.165, 1.54) is 6.26 Å². The lowest BCUT2D eigenvalue weighted by Crippen LogP contribution is -2.52. The summed E-state index contributed by atoms with van der Waals surface area (Å²) in [6.45, 7) is 13.6. The number of ether oxygens (including phenoxy) is 2. The van der Waals surface area contributed by atoms with Gasteiger partial charge in [-0.25, -0.2) is 13.2 Å². The first-order chi connectivity index (χ1) is 13.4. The minimum absolute atomic E-state index is 0.00696. The van der Waals surface area contributed by atoms with E-state index in [9.17, 15) is 13.2 Å². The van der Waals surface area contributed by atoms with Crippen molar-refractivity contribution >= 4 is 21.9 Å². The number of sulfone groups is 1. The summed E-state index contributed by atoms with van der Waals surface area (Å²) in [5.41, 5.74) is -1.06. The van der Waals surface area contributed by atoms with Crippen molar-refractivity contribution in [1.29, 1.82) is 0 Å². The summed E-state index contributed by atoms with van der Waals surface area (Å²) in [4.78, 5) is 16.8. The van der Waals surface area contributed by atoms with Crippen LogP contribution in [0.25, 0.3) is 0 Å². The molecule has 0 radical (unpaired) electrons. The quantitative estimate of drug-likeness (QED) is 0.242. The number of nitrogens with one attached hydrogen (secondary N) is 3. The molecule has 0 rings (SSSR count). The van der Waals surface area contributed by atoms with Gasteiger partial charge in [-0.15, -0.1) is 0 Å². The van der Waals surface area contributed by atoms with Crippen LogP contribution in [-0.4, -0.2) is 76.5 Å². The van der Waals surface area contributed by atoms with Crippen molar-refractivity contribution < 1.29 is 22.7 Å². The fourth-order valence-electron chi connectivity index (χ4n) is 2.34. The molecule has 0 aromatic heterocycles. The third kappa shape index (κ3) is 14.1. The number of aliphatic imine (C=N–C) groups is 1. The zero-order valence-corrected chi connectivity index (χ0v) is 19.9. The van der Waals surface area contributed by atoms with Crippen molar-refractivity contribution in [2.45, 2.75) is 65.5 Å². The molecule has 0 fully saturated rings. The molecule has 172 valence electrons. The van der Waals surface area contributed by atoms with E-state index in [-0.39, 0.29) is 12.4 Å². The van der Waals surface area contributed by atoms with Crippen LogP contribution in [0, 0.1) is 0 Å². The summed E-state index contributed by atoms with van der Waals surface area (Å²) in [6.07, 6.45) is 2.15. The Bertz CT molecular complexity index is 611. The number of amides is 1. The molecule has 0 spiro atoms. The van der Waals surface area contributed by atoms with Crippen molar-refractivity contribution in [2.75, 3.05) is 44.9 Å². The van der Waals surface area contributed by atoms with Crippen LogP contribution >= 0.6 is 0 Å². The van der Waals surface area contributed by atoms with E-state index in [4.69, 9.17) is 9.47 Å². The van der Waals surface area contributed by atoms with Crippen molar-refractivity contribution in [1.82, 2.24) is 16.0 Å². The molecule has 3 N–H and O–H groups in total. The number of guanidine groups is 1. The number of rotatable bonds is 12. The SMILES string of the molecule is CCNC(=NCC(CC)(CC)NC(=O)OC(C)(C)C)NCCOCCS(C)(=O)=O. The molecular formula is C19H40N4O5S. The third-order valence-corrected chi connectivity index (χ3v) is 5.05. The Hall–Kier alpha value is -1.55. The molecule has 0 saturated heterocycles. The average Bonchev–Trinajstić information content (AvgIpc) is 2.58. The van der Waals surface area contributed by atoms with Crippen LogP contribution in [0.15, 0.2) is 4.99 Å². The number of hydrogen-bond donors (Lipinski definition) is 3. The Labute approximate surface area is 176 Å². The fraction of sp³-hybridized carbons (Fsp3) is 0.895. The molecule has 29 heavy (non-hydrogen) atoms. The molecule has 0 aromatic rings. The highest BCUT2D eigenvalue weighted by Gasteiger charge is 2.30. The van der Waals surface area contributed by atoms with Crippen LogP contribution in [0.5, 0.6) is 0 Å². The molecule has 9 nitrogen and oxygen atoms in total. The van der Waals surface area contributed by atoms with Gasteiger partial charge < -0.3 is 25.4 Å². The van der Waals surface area contributed by atoms with Crippen LogP contribution in [0.4, 0.5) is 4.79 Å². The third-order valence-electron chi connectivity index (χ3n) is 4.14. The average molecular weight is 437 g/mol. The van der Waals surface area contributed by atoms with E-state index >= 15 is 0 Å². The summed E-state index contributed by atoms with van der Waals surface area (Å²) in [5, 5.41) is 9.28. The molecule has 0 atom stereocenters. The van der Waals surface area contributed by atoms with Gasteiger partial charge in [0.2, 0.25) is 0 Å². The van der Waals surface area contributed by atoms with Crippen molar-refractivity contribution in [3.05, 3.63) is 0 Å². The van der Waals surface area contributed by atoms with Gasteiger partial charge in [0.25, 0.3) is 0 Å². The summed E-state index contributed by atoms with van der Waals surface area (Å²) in [5.74, 6) is 0.615. The molecule has 0 unspecified atom stereocenters. The van der Waals surface area contributed by atoms with Crippen LogP contribution < -0.4 is 16.0 Å². The molecule has 0 heterocycles. The normalized spacial score (nSPS) is 13.1. The van der Waals surface area contributed by atoms with Gasteiger partial charge in [-0.05, 0) is 40.5 Å². The highest BCUT2D eigenvalue weighted by molar-refractivity contribution is 7.90. The number of carbonyl (C=O) groups excluding carboxylic acids is 1. The summed E-state index contributed by atoms with van der Waals surface area (Å²) in [6, 6.07) is 0. The van der Waals surface area contributed by atoms with Gasteiger partial charge in [-0.3, -0.25) is 4.99 Å². The predicted octanol–water partition coefficient (Wildman–Crippen LogP) is 1.69. The van der Waals surface area contributed by atoms with E-state index < -0.39 is 27.1 Å². The summed E-state index contributed by atoms with van der Waals surface area (Å²) >= 11 is 0. The Morgan fingerprint density at radius 1 is 1.03 bits per heavy atom. The highest BCUT2D eigenvalue weighted by Crippen LogP contribution is 2.17. The lowest BCUT2D eigenvalue weighted by atomic mass is 9.93. The maximum absolute atomic E-state index is 12.2. The zero-order chi connectivity index (χ0) is 22.6. The standard InChI is InChI=1S/C19H40N4O5S/c1-8-19(9-2,23-17(24)28-18(4,5)6)15-22-16(20-10-3)21-11-12-27-13-14-29(7,25)26/h8-15H2,1-7H3,(H,23,24)(H2,20,21,22). The zero-order valence-electron chi connectivity index (χ0n) is 19.1. The van der Waals surface area contributed by atoms with Gasteiger partial charge >= 0.3 is 6.09 Å². The fourth-order valence-corrected chi connectivity index (χ4v) is 2.76. The Morgan fingerprint density at radius 3 is 2.14 bits per heavy atom. The van der Waals surface area contributed by atoms with E-state index in [0.29, 0.717) is 45.0 Å². The van der Waals surface area contributed by atoms with Crippen LogP contribution in [0.3, 0.4) is 0 Å². The smallest absolute Gasteiger partial charge is 0.408 e. The molecule has 0 saturated carbocycles. The van der Waals surface area contributed by atoms with Crippen molar-refractivity contribution in [3.63, 3.8) is 0 Å². The second-order valence-electron chi connectivity index (χ2n) is 7.98. The largest absolute Gasteiger partial charge is 0.444 e. The van der Waals surface area contributed by atoms with E-state index in [1.54, 1.807) is 0 Å². The summed E-state index contributed by atoms with van der Waals surface area (Å²) < 4.78 is 32.9. The number of hydrogen-bond acceptors (Lipinski definition) is 6. The summed E-state index contributed by atoms with van der Waals surface area (Å²) in [7, 11) is -3.01. The van der Waals surface area contributed by atoms with Gasteiger partial charge in [0, 0.05) is 19.3 Å². The van der Waals surface area contributed by atoms with Crippen LogP contribution in [0.2, 0.25) is 0 Å². The lowest BCUT2D eigenvalue weighted by molar-refractivity contribution is 0.0452. The van der Waals surface area contributed by atoms with Gasteiger partial charge in [-0.1, -0.05) is 13.8 Å². The molecule has 0 aliphatic carbocycles. The molecule has 0 bridgehead atoms. The van der Waals surface area contributed by atoms with Gasteiger partial charge in [-0.2, -0.15) is 0 Å². The number of nitrogens with zero attached hydrogens (tertiary/aromatic N) is 1. The van der Waals surface area contributed by atoms with Gasteiger partial charge in [0.05, 0.1) is 31.1 Å². The van der Waals surface area contributed by atoms with E-state index in [2.05, 4.69) is 20.9 Å². The predicted molar refractivity (Wildman–Crippen MR) is 117 cm³/mol. The van der Waals surface area contributed by atoms with Crippen LogP contribution in [-0.2, 0) is 19.3 Å². The highest BCUT2D eigenvalue weighted by atomic mass is 32.2. The first-order valence-electron chi connectivity index (χ1n) is 10.1. The first kappa shape index (κ1) is 27.5. The lowest BCUT2D eigenvalue weighted by Gasteiger charge is -2.32. The molecule has 0 aromatic carbocycles. The first-order valence-corrected chi connectivity index (χ1v) is 12.2. The number of carbonyl (C=O) groups is 1. The molecule has 10 heteroatoms. The van der Waals surface area contributed by atoms with Crippen molar-refractivity contribution in [3.8, 4) is 0 Å². The molecular weight excluding hydrogens is 396 g/mol. The van der Waals surface area contributed by atoms with Gasteiger partial charge in [0.15, 0.2) is 5.96 Å². The Balaban J connectivity index is 4.77. The topological polar surface area (TPSA) is 118 Å². The molecule has 0 aliphatic rings. The Kier molecular flexibility index (Phi) is 12.2. The molecule has 0 aliphatic heterocycles. The molecule has 1 amide bonds. The van der Waals surface area contributed by atoms with Crippen molar-refractivity contribution in [2.24, 2.45) is 4.99 Å².